The van der Waals surface area contributed by atoms with Gasteiger partial charge in [0.15, 0.2) is 5.16 Å². The minimum absolute atomic E-state index is 0.247. The summed E-state index contributed by atoms with van der Waals surface area (Å²) in [5.74, 6) is 0. The first kappa shape index (κ1) is 12.5. The second-order valence-corrected chi connectivity index (χ2v) is 5.91. The molecule has 2 heterocycles. The summed E-state index contributed by atoms with van der Waals surface area (Å²) in [6, 6.07) is 4.03. The van der Waals surface area contributed by atoms with Gasteiger partial charge in [0, 0.05) is 23.3 Å². The Morgan fingerprint density at radius 3 is 2.82 bits per heavy atom. The van der Waals surface area contributed by atoms with Gasteiger partial charge >= 0.3 is 0 Å². The van der Waals surface area contributed by atoms with Crippen LogP contribution in [0.25, 0.3) is 0 Å². The standard InChI is InChI=1S/C12H15N3S2/c1-8-4-6-16-11(8)10(7-13)17-12-14-5-3-9(2)15-12/h3-6,10H,7,13H2,1-2H3. The summed E-state index contributed by atoms with van der Waals surface area (Å²) in [6.07, 6.45) is 1.79. The van der Waals surface area contributed by atoms with Crippen molar-refractivity contribution in [1.82, 2.24) is 9.97 Å². The topological polar surface area (TPSA) is 51.8 Å². The molecule has 0 bridgehead atoms. The van der Waals surface area contributed by atoms with E-state index in [0.717, 1.165) is 10.9 Å². The molecule has 2 aromatic heterocycles. The monoisotopic (exact) mass is 265 g/mol. The lowest BCUT2D eigenvalue weighted by molar-refractivity contribution is 0.900. The Hall–Kier alpha value is -0.910. The first-order valence-electron chi connectivity index (χ1n) is 5.41. The summed E-state index contributed by atoms with van der Waals surface area (Å²) >= 11 is 3.39. The quantitative estimate of drug-likeness (QED) is 0.682. The van der Waals surface area contributed by atoms with Crippen LogP contribution in [0.2, 0.25) is 0 Å². The number of aryl methyl sites for hydroxylation is 2. The molecule has 2 aromatic rings. The minimum atomic E-state index is 0.247. The van der Waals surface area contributed by atoms with Crippen LogP contribution in [0.4, 0.5) is 0 Å². The molecule has 1 atom stereocenters. The minimum Gasteiger partial charge on any atom is -0.329 e. The van der Waals surface area contributed by atoms with Crippen LogP contribution in [0.3, 0.4) is 0 Å². The van der Waals surface area contributed by atoms with E-state index >= 15 is 0 Å². The highest BCUT2D eigenvalue weighted by atomic mass is 32.2. The third kappa shape index (κ3) is 3.06. The predicted octanol–water partition coefficient (Wildman–Crippen LogP) is 2.95. The van der Waals surface area contributed by atoms with Gasteiger partial charge in [-0.15, -0.1) is 11.3 Å². The summed E-state index contributed by atoms with van der Waals surface area (Å²) in [5.41, 5.74) is 8.13. The Kier molecular flexibility index (Phi) is 4.15. The van der Waals surface area contributed by atoms with Gasteiger partial charge in [0.1, 0.15) is 0 Å². The van der Waals surface area contributed by atoms with Crippen molar-refractivity contribution < 1.29 is 0 Å². The molecule has 2 rings (SSSR count). The summed E-state index contributed by atoms with van der Waals surface area (Å²) in [5, 5.41) is 3.15. The van der Waals surface area contributed by atoms with Crippen molar-refractivity contribution in [1.29, 1.82) is 0 Å². The van der Waals surface area contributed by atoms with Crippen LogP contribution in [-0.4, -0.2) is 16.5 Å². The van der Waals surface area contributed by atoms with Crippen molar-refractivity contribution in [3.8, 4) is 0 Å². The Balaban J connectivity index is 2.19. The van der Waals surface area contributed by atoms with Crippen molar-refractivity contribution in [2.45, 2.75) is 24.3 Å². The van der Waals surface area contributed by atoms with E-state index in [4.69, 9.17) is 5.73 Å². The molecule has 1 unspecified atom stereocenters. The lowest BCUT2D eigenvalue weighted by Gasteiger charge is -2.12. The third-order valence-corrected chi connectivity index (χ3v) is 4.83. The maximum Gasteiger partial charge on any atom is 0.188 e. The van der Waals surface area contributed by atoms with Gasteiger partial charge in [-0.1, -0.05) is 11.8 Å². The van der Waals surface area contributed by atoms with E-state index in [2.05, 4.69) is 28.3 Å². The normalized spacial score (nSPS) is 12.6. The largest absolute Gasteiger partial charge is 0.329 e. The van der Waals surface area contributed by atoms with E-state index < -0.39 is 0 Å². The van der Waals surface area contributed by atoms with Crippen molar-refractivity contribution in [3.63, 3.8) is 0 Å². The first-order chi connectivity index (χ1) is 8.20. The molecule has 0 radical (unpaired) electrons. The van der Waals surface area contributed by atoms with E-state index in [-0.39, 0.29) is 5.25 Å². The zero-order valence-corrected chi connectivity index (χ0v) is 11.5. The number of hydrogen-bond donors (Lipinski definition) is 1. The third-order valence-electron chi connectivity index (χ3n) is 2.43. The number of nitrogens with zero attached hydrogens (tertiary/aromatic N) is 2. The molecule has 3 nitrogen and oxygen atoms in total. The maximum atomic E-state index is 5.85. The smallest absolute Gasteiger partial charge is 0.188 e. The van der Waals surface area contributed by atoms with E-state index in [1.54, 1.807) is 29.3 Å². The van der Waals surface area contributed by atoms with Crippen molar-refractivity contribution in [2.75, 3.05) is 6.54 Å². The van der Waals surface area contributed by atoms with E-state index in [1.165, 1.54) is 10.4 Å². The van der Waals surface area contributed by atoms with Crippen molar-refractivity contribution >= 4 is 23.1 Å². The van der Waals surface area contributed by atoms with E-state index in [1.807, 2.05) is 13.0 Å². The van der Waals surface area contributed by atoms with Gasteiger partial charge in [0.2, 0.25) is 0 Å². The summed E-state index contributed by atoms with van der Waals surface area (Å²) in [4.78, 5) is 9.99. The highest BCUT2D eigenvalue weighted by Crippen LogP contribution is 2.36. The number of thiophene rings is 1. The fourth-order valence-corrected chi connectivity index (χ4v) is 3.73. The average Bonchev–Trinajstić information content (AvgIpc) is 2.72. The Labute approximate surface area is 109 Å². The van der Waals surface area contributed by atoms with Crippen LogP contribution in [-0.2, 0) is 0 Å². The number of nitrogens with two attached hydrogens (primary N) is 1. The van der Waals surface area contributed by atoms with Gasteiger partial charge in [0.05, 0.1) is 5.25 Å². The molecule has 0 amide bonds. The fraction of sp³-hybridized carbons (Fsp3) is 0.333. The molecule has 0 aromatic carbocycles. The SMILES string of the molecule is Cc1ccnc(SC(CN)c2sccc2C)n1. The molecule has 0 aliphatic heterocycles. The molecule has 0 fully saturated rings. The van der Waals surface area contributed by atoms with E-state index in [9.17, 15) is 0 Å². The van der Waals surface area contributed by atoms with Gasteiger partial charge in [-0.2, -0.15) is 0 Å². The van der Waals surface area contributed by atoms with Crippen molar-refractivity contribution in [2.24, 2.45) is 5.73 Å². The summed E-state index contributed by atoms with van der Waals surface area (Å²) in [6.45, 7) is 4.69. The number of hydrogen-bond acceptors (Lipinski definition) is 5. The number of rotatable bonds is 4. The molecule has 90 valence electrons. The lowest BCUT2D eigenvalue weighted by atomic mass is 10.2. The predicted molar refractivity (Wildman–Crippen MR) is 73.5 cm³/mol. The van der Waals surface area contributed by atoms with Crippen LogP contribution in [0.5, 0.6) is 0 Å². The zero-order chi connectivity index (χ0) is 12.3. The highest BCUT2D eigenvalue weighted by Gasteiger charge is 2.16. The molecule has 0 aliphatic rings. The van der Waals surface area contributed by atoms with Crippen LogP contribution >= 0.6 is 23.1 Å². The van der Waals surface area contributed by atoms with Crippen LogP contribution in [0, 0.1) is 13.8 Å². The molecule has 0 saturated heterocycles. The van der Waals surface area contributed by atoms with Gasteiger partial charge in [-0.05, 0) is 36.9 Å². The molecule has 0 aliphatic carbocycles. The summed E-state index contributed by atoms with van der Waals surface area (Å²) in [7, 11) is 0. The second-order valence-electron chi connectivity index (χ2n) is 3.79. The molecular weight excluding hydrogens is 250 g/mol. The van der Waals surface area contributed by atoms with Gasteiger partial charge < -0.3 is 5.73 Å². The van der Waals surface area contributed by atoms with Gasteiger partial charge in [-0.25, -0.2) is 9.97 Å². The number of aromatic nitrogens is 2. The first-order valence-corrected chi connectivity index (χ1v) is 7.17. The Morgan fingerprint density at radius 2 is 2.24 bits per heavy atom. The summed E-state index contributed by atoms with van der Waals surface area (Å²) < 4.78 is 0. The highest BCUT2D eigenvalue weighted by molar-refractivity contribution is 7.99. The average molecular weight is 265 g/mol. The van der Waals surface area contributed by atoms with Crippen LogP contribution in [0.1, 0.15) is 21.4 Å². The molecule has 2 N–H and O–H groups in total. The fourth-order valence-electron chi connectivity index (χ4n) is 1.53. The second kappa shape index (κ2) is 5.62. The van der Waals surface area contributed by atoms with Crippen LogP contribution < -0.4 is 5.73 Å². The van der Waals surface area contributed by atoms with E-state index in [0.29, 0.717) is 6.54 Å². The molecule has 0 spiro atoms. The lowest BCUT2D eigenvalue weighted by Crippen LogP contribution is -2.09. The van der Waals surface area contributed by atoms with Gasteiger partial charge in [0.25, 0.3) is 0 Å². The maximum absolute atomic E-state index is 5.85. The van der Waals surface area contributed by atoms with Crippen molar-refractivity contribution in [3.05, 3.63) is 39.8 Å². The molecule has 17 heavy (non-hydrogen) atoms. The van der Waals surface area contributed by atoms with Crippen LogP contribution in [0.15, 0.2) is 28.9 Å². The zero-order valence-electron chi connectivity index (χ0n) is 9.88. The molecular formula is C12H15N3S2. The van der Waals surface area contributed by atoms with Gasteiger partial charge in [-0.3, -0.25) is 0 Å². The molecule has 5 heteroatoms. The Morgan fingerprint density at radius 1 is 1.41 bits per heavy atom. The number of thioether (sulfide) groups is 1. The Bertz CT molecular complexity index is 496. The molecule has 0 saturated carbocycles.